The average Bonchev–Trinajstić information content (AvgIpc) is 2.50. The Morgan fingerprint density at radius 2 is 2.22 bits per heavy atom. The molecule has 0 bridgehead atoms. The fourth-order valence-corrected chi connectivity index (χ4v) is 3.39. The summed E-state index contributed by atoms with van der Waals surface area (Å²) in [7, 11) is 4.10. The summed E-state index contributed by atoms with van der Waals surface area (Å²) in [5, 5.41) is 3.09. The van der Waals surface area contributed by atoms with Gasteiger partial charge in [0.05, 0.1) is 5.02 Å². The largest absolute Gasteiger partial charge is 0.356 e. The van der Waals surface area contributed by atoms with Crippen LogP contribution in [0.2, 0.25) is 5.02 Å². The molecule has 0 saturated carbocycles. The third-order valence-electron chi connectivity index (χ3n) is 4.51. The number of carbonyl (C=O) groups is 1. The highest BCUT2D eigenvalue weighted by Gasteiger charge is 2.31. The Kier molecular flexibility index (Phi) is 6.39. The molecule has 0 unspecified atom stereocenters. The van der Waals surface area contributed by atoms with Crippen LogP contribution in [0.5, 0.6) is 0 Å². The van der Waals surface area contributed by atoms with E-state index >= 15 is 0 Å². The highest BCUT2D eigenvalue weighted by Crippen LogP contribution is 2.24. The van der Waals surface area contributed by atoms with Crippen LogP contribution in [-0.4, -0.2) is 55.5 Å². The average molecular weight is 342 g/mol. The number of likely N-dealkylation sites (N-methyl/N-ethyl adjacent to an activating group) is 1. The maximum Gasteiger partial charge on any atom is 0.216 e. The minimum absolute atomic E-state index is 0.00549. The number of amides is 1. The number of benzene rings is 1. The molecule has 1 amide bonds. The molecule has 4 nitrogen and oxygen atoms in total. The Hall–Kier alpha value is -1.17. The van der Waals surface area contributed by atoms with E-state index in [-0.39, 0.29) is 16.7 Å². The quantitative estimate of drug-likeness (QED) is 0.893. The predicted molar refractivity (Wildman–Crippen MR) is 91.0 cm³/mol. The summed E-state index contributed by atoms with van der Waals surface area (Å²) in [6, 6.07) is 5.48. The van der Waals surface area contributed by atoms with Crippen molar-refractivity contribution in [2.45, 2.75) is 25.9 Å². The molecule has 0 aliphatic carbocycles. The van der Waals surface area contributed by atoms with Crippen LogP contribution < -0.4 is 5.32 Å². The van der Waals surface area contributed by atoms with Crippen molar-refractivity contribution in [2.24, 2.45) is 5.92 Å². The molecule has 1 saturated heterocycles. The van der Waals surface area contributed by atoms with Gasteiger partial charge in [-0.15, -0.1) is 0 Å². The third kappa shape index (κ3) is 4.90. The lowest BCUT2D eigenvalue weighted by atomic mass is 9.90. The number of piperidine rings is 1. The molecule has 1 aliphatic heterocycles. The summed E-state index contributed by atoms with van der Waals surface area (Å²) >= 11 is 5.86. The van der Waals surface area contributed by atoms with Crippen molar-refractivity contribution in [1.29, 1.82) is 0 Å². The molecule has 1 aromatic rings. The van der Waals surface area contributed by atoms with Gasteiger partial charge in [0, 0.05) is 38.2 Å². The summed E-state index contributed by atoms with van der Waals surface area (Å²) in [6.45, 7) is 4.53. The first-order valence-corrected chi connectivity index (χ1v) is 8.32. The molecule has 1 aliphatic rings. The molecule has 0 spiro atoms. The van der Waals surface area contributed by atoms with Gasteiger partial charge in [-0.25, -0.2) is 4.39 Å². The number of nitrogens with zero attached hydrogens (tertiary/aromatic N) is 2. The van der Waals surface area contributed by atoms with Crippen LogP contribution in [0.15, 0.2) is 18.2 Å². The molecule has 23 heavy (non-hydrogen) atoms. The fraction of sp³-hybridized carbons (Fsp3) is 0.588. The van der Waals surface area contributed by atoms with Gasteiger partial charge in [0.15, 0.2) is 0 Å². The van der Waals surface area contributed by atoms with Gasteiger partial charge in [-0.1, -0.05) is 23.7 Å². The van der Waals surface area contributed by atoms with E-state index < -0.39 is 0 Å². The minimum Gasteiger partial charge on any atom is -0.356 e. The van der Waals surface area contributed by atoms with Crippen LogP contribution in [0.4, 0.5) is 4.39 Å². The highest BCUT2D eigenvalue weighted by atomic mass is 35.5. The molecule has 1 fully saturated rings. The van der Waals surface area contributed by atoms with E-state index in [1.807, 2.05) is 0 Å². The summed E-state index contributed by atoms with van der Waals surface area (Å²) in [4.78, 5) is 15.6. The van der Waals surface area contributed by atoms with Gasteiger partial charge in [0.2, 0.25) is 5.91 Å². The van der Waals surface area contributed by atoms with Gasteiger partial charge in [-0.3, -0.25) is 9.69 Å². The normalized spacial score (nSPS) is 22.3. The van der Waals surface area contributed by atoms with Crippen LogP contribution in [0.1, 0.15) is 18.9 Å². The van der Waals surface area contributed by atoms with E-state index in [2.05, 4.69) is 29.2 Å². The number of nitrogens with one attached hydrogen (secondary N) is 1. The van der Waals surface area contributed by atoms with Crippen molar-refractivity contribution in [1.82, 2.24) is 15.1 Å². The van der Waals surface area contributed by atoms with Gasteiger partial charge in [0.1, 0.15) is 5.82 Å². The molecule has 0 radical (unpaired) electrons. The zero-order chi connectivity index (χ0) is 17.0. The molecule has 0 aromatic heterocycles. The van der Waals surface area contributed by atoms with E-state index in [0.717, 1.165) is 19.5 Å². The second-order valence-corrected chi connectivity index (χ2v) is 6.87. The van der Waals surface area contributed by atoms with Crippen LogP contribution >= 0.6 is 11.6 Å². The Bertz CT molecular complexity index is 553. The molecular formula is C17H25ClFN3O. The first kappa shape index (κ1) is 18.2. The van der Waals surface area contributed by atoms with E-state index in [0.29, 0.717) is 30.6 Å². The maximum absolute atomic E-state index is 14.1. The molecule has 2 atom stereocenters. The first-order chi connectivity index (χ1) is 10.9. The number of likely N-dealkylation sites (tertiary alicyclic amines) is 1. The summed E-state index contributed by atoms with van der Waals surface area (Å²) < 4.78 is 14.1. The molecule has 6 heteroatoms. The Labute approximate surface area is 142 Å². The SMILES string of the molecule is CC(=O)NC[C@H]1CCN(Cc2cccc(Cl)c2F)C[C@H]1N(C)C. The Morgan fingerprint density at radius 1 is 1.48 bits per heavy atom. The van der Waals surface area contributed by atoms with Crippen LogP contribution in [0.3, 0.4) is 0 Å². The van der Waals surface area contributed by atoms with E-state index in [9.17, 15) is 9.18 Å². The predicted octanol–water partition coefficient (Wildman–Crippen LogP) is 2.37. The Morgan fingerprint density at radius 3 is 2.87 bits per heavy atom. The number of carbonyl (C=O) groups excluding carboxylic acids is 1. The van der Waals surface area contributed by atoms with Crippen molar-refractivity contribution in [3.8, 4) is 0 Å². The monoisotopic (exact) mass is 341 g/mol. The number of rotatable bonds is 5. The van der Waals surface area contributed by atoms with Crippen molar-refractivity contribution in [2.75, 3.05) is 33.7 Å². The van der Waals surface area contributed by atoms with Crippen molar-refractivity contribution >= 4 is 17.5 Å². The molecule has 128 valence electrons. The molecular weight excluding hydrogens is 317 g/mol. The van der Waals surface area contributed by atoms with E-state index in [1.54, 1.807) is 25.1 Å². The van der Waals surface area contributed by atoms with E-state index in [4.69, 9.17) is 11.6 Å². The fourth-order valence-electron chi connectivity index (χ4n) is 3.20. The Balaban J connectivity index is 2.01. The van der Waals surface area contributed by atoms with Crippen LogP contribution in [0.25, 0.3) is 0 Å². The summed E-state index contributed by atoms with van der Waals surface area (Å²) in [5.74, 6) is 0.0937. The van der Waals surface area contributed by atoms with Crippen molar-refractivity contribution in [3.63, 3.8) is 0 Å². The molecule has 1 N–H and O–H groups in total. The molecule has 2 rings (SSSR count). The van der Waals surface area contributed by atoms with Gasteiger partial charge >= 0.3 is 0 Å². The number of hydrogen-bond acceptors (Lipinski definition) is 3. The lowest BCUT2D eigenvalue weighted by Crippen LogP contribution is -2.52. The second kappa shape index (κ2) is 8.08. The lowest BCUT2D eigenvalue weighted by Gasteiger charge is -2.42. The number of hydrogen-bond donors (Lipinski definition) is 1. The topological polar surface area (TPSA) is 35.6 Å². The van der Waals surface area contributed by atoms with Crippen LogP contribution in [0, 0.1) is 11.7 Å². The van der Waals surface area contributed by atoms with Gasteiger partial charge < -0.3 is 10.2 Å². The molecule has 1 heterocycles. The second-order valence-electron chi connectivity index (χ2n) is 6.46. The van der Waals surface area contributed by atoms with Crippen LogP contribution in [-0.2, 0) is 11.3 Å². The zero-order valence-corrected chi connectivity index (χ0v) is 14.7. The smallest absolute Gasteiger partial charge is 0.216 e. The van der Waals surface area contributed by atoms with Crippen molar-refractivity contribution in [3.05, 3.63) is 34.6 Å². The summed E-state index contributed by atoms with van der Waals surface area (Å²) in [5.41, 5.74) is 0.635. The van der Waals surface area contributed by atoms with Gasteiger partial charge in [0.25, 0.3) is 0 Å². The first-order valence-electron chi connectivity index (χ1n) is 7.94. The van der Waals surface area contributed by atoms with E-state index in [1.165, 1.54) is 0 Å². The highest BCUT2D eigenvalue weighted by molar-refractivity contribution is 6.30. The third-order valence-corrected chi connectivity index (χ3v) is 4.80. The maximum atomic E-state index is 14.1. The molecule has 1 aromatic carbocycles. The zero-order valence-electron chi connectivity index (χ0n) is 14.0. The number of halogens is 2. The standard InChI is InChI=1S/C17H25ClFN3O/c1-12(23)20-9-13-7-8-22(11-16(13)21(2)3)10-14-5-4-6-15(18)17(14)19/h4-6,13,16H,7-11H2,1-3H3,(H,20,23)/t13-,16-/m1/s1. The van der Waals surface area contributed by atoms with Gasteiger partial charge in [-0.05, 0) is 39.0 Å². The lowest BCUT2D eigenvalue weighted by molar-refractivity contribution is -0.119. The van der Waals surface area contributed by atoms with Crippen molar-refractivity contribution < 1.29 is 9.18 Å². The van der Waals surface area contributed by atoms with Gasteiger partial charge in [-0.2, -0.15) is 0 Å². The minimum atomic E-state index is -0.323. The summed E-state index contributed by atoms with van der Waals surface area (Å²) in [6.07, 6.45) is 0.977.